The second-order valence-electron chi connectivity index (χ2n) is 8.77. The van der Waals surface area contributed by atoms with Crippen molar-refractivity contribution in [2.45, 2.75) is 9.79 Å². The fourth-order valence-electron chi connectivity index (χ4n) is 4.57. The average molecular weight is 549 g/mol. The van der Waals surface area contributed by atoms with Crippen molar-refractivity contribution >= 4 is 55.2 Å². The number of morpholine rings is 2. The van der Waals surface area contributed by atoms with Crippen LogP contribution in [0.1, 0.15) is 20.7 Å². The summed E-state index contributed by atoms with van der Waals surface area (Å²) in [4.78, 5) is 49.2. The molecular formula is C26H24N6O4S2. The summed E-state index contributed by atoms with van der Waals surface area (Å²) < 4.78 is 10.8. The Kier molecular flexibility index (Phi) is 7.36. The summed E-state index contributed by atoms with van der Waals surface area (Å²) in [5.74, 6) is -0.0824. The molecule has 0 unspecified atom stereocenters. The van der Waals surface area contributed by atoms with Gasteiger partial charge >= 0.3 is 0 Å². The molecular weight excluding hydrogens is 524 g/mol. The van der Waals surface area contributed by atoms with Crippen LogP contribution in [0.25, 0.3) is 21.8 Å². The highest BCUT2D eigenvalue weighted by Gasteiger charge is 2.24. The van der Waals surface area contributed by atoms with E-state index < -0.39 is 0 Å². The first-order chi connectivity index (χ1) is 18.7. The van der Waals surface area contributed by atoms with E-state index in [2.05, 4.69) is 19.9 Å². The van der Waals surface area contributed by atoms with Crippen LogP contribution in [0.5, 0.6) is 0 Å². The van der Waals surface area contributed by atoms with Gasteiger partial charge in [0.25, 0.3) is 11.8 Å². The molecule has 6 rings (SSSR count). The number of benzene rings is 2. The summed E-state index contributed by atoms with van der Waals surface area (Å²) in [6.07, 6.45) is 6.38. The quantitative estimate of drug-likeness (QED) is 0.345. The van der Waals surface area contributed by atoms with Crippen LogP contribution in [0.2, 0.25) is 0 Å². The van der Waals surface area contributed by atoms with E-state index in [1.165, 1.54) is 34.2 Å². The second kappa shape index (κ2) is 11.2. The van der Waals surface area contributed by atoms with E-state index in [-0.39, 0.29) is 11.8 Å². The van der Waals surface area contributed by atoms with Crippen LogP contribution in [0.3, 0.4) is 0 Å². The van der Waals surface area contributed by atoms with Gasteiger partial charge in [0.15, 0.2) is 0 Å². The molecule has 2 aromatic carbocycles. The molecule has 2 aromatic heterocycles. The Morgan fingerprint density at radius 2 is 1.08 bits per heavy atom. The first-order valence-electron chi connectivity index (χ1n) is 12.2. The van der Waals surface area contributed by atoms with Crippen molar-refractivity contribution in [2.75, 3.05) is 52.6 Å². The molecule has 10 nitrogen and oxygen atoms in total. The van der Waals surface area contributed by atoms with Crippen LogP contribution in [0, 0.1) is 0 Å². The van der Waals surface area contributed by atoms with Crippen molar-refractivity contribution in [1.82, 2.24) is 29.7 Å². The predicted octanol–water partition coefficient (Wildman–Crippen LogP) is 3.32. The van der Waals surface area contributed by atoms with Crippen LogP contribution < -0.4 is 0 Å². The number of carbonyl (C=O) groups excluding carboxylic acids is 2. The molecule has 0 saturated carbocycles. The normalized spacial score (nSPS) is 16.2. The maximum atomic E-state index is 13.2. The van der Waals surface area contributed by atoms with Gasteiger partial charge in [-0.15, -0.1) is 0 Å². The zero-order valence-electron chi connectivity index (χ0n) is 20.4. The summed E-state index contributed by atoms with van der Waals surface area (Å²) in [7, 11) is 3.05. The van der Waals surface area contributed by atoms with Gasteiger partial charge in [-0.2, -0.15) is 0 Å². The van der Waals surface area contributed by atoms with E-state index in [1.807, 2.05) is 24.3 Å². The Bertz CT molecular complexity index is 1390. The van der Waals surface area contributed by atoms with E-state index >= 15 is 0 Å². The molecule has 0 aliphatic carbocycles. The van der Waals surface area contributed by atoms with Crippen LogP contribution in [-0.4, -0.2) is 94.2 Å². The molecule has 0 spiro atoms. The van der Waals surface area contributed by atoms with Gasteiger partial charge in [0.05, 0.1) is 48.6 Å². The van der Waals surface area contributed by atoms with E-state index in [4.69, 9.17) is 9.47 Å². The molecule has 2 aliphatic heterocycles. The van der Waals surface area contributed by atoms with Crippen molar-refractivity contribution in [2.24, 2.45) is 0 Å². The minimum atomic E-state index is -0.0412. The Labute approximate surface area is 226 Å². The van der Waals surface area contributed by atoms with Crippen LogP contribution in [-0.2, 0) is 9.47 Å². The van der Waals surface area contributed by atoms with Crippen molar-refractivity contribution in [3.05, 3.63) is 60.4 Å². The van der Waals surface area contributed by atoms with E-state index in [1.54, 1.807) is 22.2 Å². The van der Waals surface area contributed by atoms with Crippen LogP contribution in [0.4, 0.5) is 0 Å². The Morgan fingerprint density at radius 3 is 1.50 bits per heavy atom. The standard InChI is InChI=1S/C26H24N6O4S2/c33-25(31-5-9-35-10-6-31)17-1-3-21(23-19(17)13-27-15-29-23)37-38-22-4-2-18(20-14-28-16-30-24(20)22)26(34)32-7-11-36-12-8-32/h1-4,13-16H,5-12H2. The van der Waals surface area contributed by atoms with Crippen LogP contribution >= 0.6 is 21.6 Å². The third-order valence-electron chi connectivity index (χ3n) is 6.55. The molecule has 38 heavy (non-hydrogen) atoms. The monoisotopic (exact) mass is 548 g/mol. The first-order valence-corrected chi connectivity index (χ1v) is 14.4. The number of fused-ring (bicyclic) bond motifs is 2. The SMILES string of the molecule is O=C(c1ccc(SSc2ccc(C(=O)N3CCOCC3)c3cncnc23)c2ncncc12)N1CCOCC1. The number of hydrogen-bond donors (Lipinski definition) is 0. The first kappa shape index (κ1) is 25.0. The van der Waals surface area contributed by atoms with Gasteiger partial charge in [0, 0.05) is 59.1 Å². The number of rotatable bonds is 5. The van der Waals surface area contributed by atoms with Crippen molar-refractivity contribution in [3.63, 3.8) is 0 Å². The number of carbonyl (C=O) groups is 2. The average Bonchev–Trinajstić information content (AvgIpc) is 3.00. The van der Waals surface area contributed by atoms with Gasteiger partial charge in [0.1, 0.15) is 12.7 Å². The Hall–Kier alpha value is -3.32. The minimum Gasteiger partial charge on any atom is -0.378 e. The number of ether oxygens (including phenoxy) is 2. The van der Waals surface area contributed by atoms with E-state index in [0.717, 1.165) is 20.8 Å². The lowest BCUT2D eigenvalue weighted by atomic mass is 10.1. The van der Waals surface area contributed by atoms with Gasteiger partial charge in [-0.05, 0) is 24.3 Å². The number of nitrogens with zero attached hydrogens (tertiary/aromatic N) is 6. The molecule has 2 saturated heterocycles. The summed E-state index contributed by atoms with van der Waals surface area (Å²) in [5, 5.41) is 1.43. The molecule has 194 valence electrons. The fraction of sp³-hybridized carbons (Fsp3) is 0.308. The molecule has 2 fully saturated rings. The highest BCUT2D eigenvalue weighted by molar-refractivity contribution is 8.76. The minimum absolute atomic E-state index is 0.0412. The predicted molar refractivity (Wildman–Crippen MR) is 144 cm³/mol. The Morgan fingerprint density at radius 1 is 0.658 bits per heavy atom. The summed E-state index contributed by atoms with van der Waals surface area (Å²) in [5.41, 5.74) is 2.60. The lowest BCUT2D eigenvalue weighted by Crippen LogP contribution is -2.40. The van der Waals surface area contributed by atoms with Crippen LogP contribution in [0.15, 0.2) is 59.1 Å². The largest absolute Gasteiger partial charge is 0.378 e. The fourth-order valence-corrected chi connectivity index (χ4v) is 6.83. The lowest BCUT2D eigenvalue weighted by molar-refractivity contribution is 0.0302. The van der Waals surface area contributed by atoms with Crippen molar-refractivity contribution < 1.29 is 19.1 Å². The van der Waals surface area contributed by atoms with Gasteiger partial charge in [-0.3, -0.25) is 9.59 Å². The lowest BCUT2D eigenvalue weighted by Gasteiger charge is -2.27. The van der Waals surface area contributed by atoms with Crippen molar-refractivity contribution in [1.29, 1.82) is 0 Å². The van der Waals surface area contributed by atoms with Gasteiger partial charge in [-0.1, -0.05) is 21.6 Å². The number of amides is 2. The highest BCUT2D eigenvalue weighted by Crippen LogP contribution is 2.43. The maximum absolute atomic E-state index is 13.2. The molecule has 4 aromatic rings. The maximum Gasteiger partial charge on any atom is 0.254 e. The molecule has 0 radical (unpaired) electrons. The molecule has 0 bridgehead atoms. The summed E-state index contributed by atoms with van der Waals surface area (Å²) in [6, 6.07) is 7.54. The van der Waals surface area contributed by atoms with E-state index in [9.17, 15) is 9.59 Å². The third kappa shape index (κ3) is 4.92. The highest BCUT2D eigenvalue weighted by atomic mass is 33.1. The topological polar surface area (TPSA) is 111 Å². The van der Waals surface area contributed by atoms with Gasteiger partial charge in [0.2, 0.25) is 0 Å². The molecule has 2 aliphatic rings. The van der Waals surface area contributed by atoms with Gasteiger partial charge < -0.3 is 19.3 Å². The zero-order valence-corrected chi connectivity index (χ0v) is 22.0. The Balaban J connectivity index is 1.28. The van der Waals surface area contributed by atoms with Gasteiger partial charge in [-0.25, -0.2) is 19.9 Å². The summed E-state index contributed by atoms with van der Waals surface area (Å²) in [6.45, 7) is 4.44. The number of aromatic nitrogens is 4. The molecule has 4 heterocycles. The molecule has 0 N–H and O–H groups in total. The molecule has 2 amide bonds. The summed E-state index contributed by atoms with van der Waals surface area (Å²) >= 11 is 0. The smallest absolute Gasteiger partial charge is 0.254 e. The third-order valence-corrected chi connectivity index (χ3v) is 8.98. The van der Waals surface area contributed by atoms with E-state index in [0.29, 0.717) is 74.5 Å². The molecule has 12 heteroatoms. The van der Waals surface area contributed by atoms with Crippen molar-refractivity contribution in [3.8, 4) is 0 Å². The number of hydrogen-bond acceptors (Lipinski definition) is 10. The second-order valence-corrected chi connectivity index (χ2v) is 11.0. The zero-order chi connectivity index (χ0) is 25.9. The molecule has 0 atom stereocenters.